The van der Waals surface area contributed by atoms with E-state index in [9.17, 15) is 4.79 Å². The highest BCUT2D eigenvalue weighted by atomic mass is 79.9. The van der Waals surface area contributed by atoms with Crippen LogP contribution in [0.5, 0.6) is 0 Å². The highest BCUT2D eigenvalue weighted by molar-refractivity contribution is 9.09. The summed E-state index contributed by atoms with van der Waals surface area (Å²) in [5, 5.41) is 4.55. The quantitative estimate of drug-likeness (QED) is 0.717. The molecule has 1 heterocycles. The first-order valence-electron chi connectivity index (χ1n) is 6.68. The zero-order valence-corrected chi connectivity index (χ0v) is 12.8. The number of alkyl halides is 1. The Bertz CT molecular complexity index is 719. The van der Waals surface area contributed by atoms with Crippen molar-refractivity contribution in [3.63, 3.8) is 0 Å². The predicted octanol–water partition coefficient (Wildman–Crippen LogP) is 4.30. The molecule has 0 aliphatic heterocycles. The summed E-state index contributed by atoms with van der Waals surface area (Å²) in [5.41, 5.74) is 1.77. The average molecular weight is 344 g/mol. The summed E-state index contributed by atoms with van der Waals surface area (Å²) in [6.07, 6.45) is 0. The number of rotatable bonds is 4. The maximum atomic E-state index is 12.3. The van der Waals surface area contributed by atoms with E-state index in [1.165, 1.54) is 0 Å². The minimum absolute atomic E-state index is 0.0908. The van der Waals surface area contributed by atoms with Gasteiger partial charge in [0, 0.05) is 10.7 Å². The van der Waals surface area contributed by atoms with Crippen LogP contribution in [0.25, 0.3) is 11.0 Å². The van der Waals surface area contributed by atoms with Crippen LogP contribution in [-0.2, 0) is 0 Å². The molecule has 0 aliphatic carbocycles. The number of hydrogen-bond acceptors (Lipinski definition) is 2. The summed E-state index contributed by atoms with van der Waals surface area (Å²) in [6.45, 7) is 0. The molecular formula is C17H14BrNO2. The second-order valence-corrected chi connectivity index (χ2v) is 5.39. The van der Waals surface area contributed by atoms with E-state index >= 15 is 0 Å². The molecule has 0 aliphatic rings. The van der Waals surface area contributed by atoms with Gasteiger partial charge in [0.2, 0.25) is 0 Å². The lowest BCUT2D eigenvalue weighted by atomic mass is 10.1. The summed E-state index contributed by atoms with van der Waals surface area (Å²) in [5.74, 6) is 0.123. The van der Waals surface area contributed by atoms with Crippen molar-refractivity contribution in [2.24, 2.45) is 0 Å². The van der Waals surface area contributed by atoms with Crippen molar-refractivity contribution in [2.45, 2.75) is 6.04 Å². The molecule has 0 radical (unpaired) electrons. The molecule has 1 unspecified atom stereocenters. The lowest BCUT2D eigenvalue weighted by molar-refractivity contribution is 0.0915. The van der Waals surface area contributed by atoms with Crippen molar-refractivity contribution in [2.75, 3.05) is 5.33 Å². The van der Waals surface area contributed by atoms with Crippen LogP contribution in [0.2, 0.25) is 0 Å². The second kappa shape index (κ2) is 6.14. The number of hydrogen-bond donors (Lipinski definition) is 1. The molecule has 3 rings (SSSR count). The van der Waals surface area contributed by atoms with Crippen molar-refractivity contribution in [1.29, 1.82) is 0 Å². The van der Waals surface area contributed by atoms with Gasteiger partial charge in [0.15, 0.2) is 5.76 Å². The molecule has 1 N–H and O–H groups in total. The Morgan fingerprint density at radius 1 is 1.10 bits per heavy atom. The number of nitrogens with one attached hydrogen (secondary N) is 1. The Morgan fingerprint density at radius 3 is 2.52 bits per heavy atom. The number of benzene rings is 2. The van der Waals surface area contributed by atoms with Crippen molar-refractivity contribution in [1.82, 2.24) is 5.32 Å². The van der Waals surface area contributed by atoms with E-state index in [1.807, 2.05) is 54.6 Å². The molecule has 1 atom stereocenters. The monoisotopic (exact) mass is 343 g/mol. The van der Waals surface area contributed by atoms with Gasteiger partial charge >= 0.3 is 0 Å². The molecule has 2 aromatic carbocycles. The van der Waals surface area contributed by atoms with Crippen LogP contribution < -0.4 is 5.32 Å². The summed E-state index contributed by atoms with van der Waals surface area (Å²) in [7, 11) is 0. The van der Waals surface area contributed by atoms with Gasteiger partial charge in [-0.05, 0) is 17.7 Å². The van der Waals surface area contributed by atoms with Gasteiger partial charge in [-0.3, -0.25) is 4.79 Å². The number of amides is 1. The molecule has 106 valence electrons. The van der Waals surface area contributed by atoms with Gasteiger partial charge in [0.1, 0.15) is 5.58 Å². The number of para-hydroxylation sites is 1. The lowest BCUT2D eigenvalue weighted by Crippen LogP contribution is -2.29. The van der Waals surface area contributed by atoms with E-state index in [1.54, 1.807) is 6.07 Å². The molecule has 21 heavy (non-hydrogen) atoms. The van der Waals surface area contributed by atoms with Gasteiger partial charge in [-0.1, -0.05) is 64.5 Å². The molecule has 4 heteroatoms. The van der Waals surface area contributed by atoms with Crippen LogP contribution in [0.1, 0.15) is 22.2 Å². The SMILES string of the molecule is O=C(NC(CBr)c1ccccc1)c1cc2ccccc2o1. The van der Waals surface area contributed by atoms with Crippen LogP contribution in [0.4, 0.5) is 0 Å². The molecular weight excluding hydrogens is 330 g/mol. The number of carbonyl (C=O) groups excluding carboxylic acids is 1. The first-order valence-corrected chi connectivity index (χ1v) is 7.80. The lowest BCUT2D eigenvalue weighted by Gasteiger charge is -2.15. The van der Waals surface area contributed by atoms with Crippen molar-refractivity contribution in [3.05, 3.63) is 72.0 Å². The van der Waals surface area contributed by atoms with Crippen LogP contribution >= 0.6 is 15.9 Å². The predicted molar refractivity (Wildman–Crippen MR) is 86.7 cm³/mol. The molecule has 0 bridgehead atoms. The maximum Gasteiger partial charge on any atom is 0.287 e. The average Bonchev–Trinajstić information content (AvgIpc) is 2.97. The Morgan fingerprint density at radius 2 is 1.81 bits per heavy atom. The molecule has 3 aromatic rings. The van der Waals surface area contributed by atoms with Crippen molar-refractivity contribution >= 4 is 32.8 Å². The number of carbonyl (C=O) groups is 1. The Hall–Kier alpha value is -2.07. The van der Waals surface area contributed by atoms with Crippen molar-refractivity contribution in [3.8, 4) is 0 Å². The topological polar surface area (TPSA) is 42.2 Å². The van der Waals surface area contributed by atoms with Gasteiger partial charge in [-0.25, -0.2) is 0 Å². The highest BCUT2D eigenvalue weighted by Crippen LogP contribution is 2.20. The summed E-state index contributed by atoms with van der Waals surface area (Å²) < 4.78 is 5.58. The molecule has 3 nitrogen and oxygen atoms in total. The van der Waals surface area contributed by atoms with E-state index in [2.05, 4.69) is 21.2 Å². The smallest absolute Gasteiger partial charge is 0.287 e. The van der Waals surface area contributed by atoms with Crippen LogP contribution in [0.15, 0.2) is 65.1 Å². The van der Waals surface area contributed by atoms with Gasteiger partial charge in [-0.2, -0.15) is 0 Å². The fourth-order valence-electron chi connectivity index (χ4n) is 2.22. The summed E-state index contributed by atoms with van der Waals surface area (Å²) in [6, 6.07) is 19.1. The normalized spacial score (nSPS) is 12.2. The summed E-state index contributed by atoms with van der Waals surface area (Å²) in [4.78, 5) is 12.3. The zero-order chi connectivity index (χ0) is 14.7. The minimum Gasteiger partial charge on any atom is -0.451 e. The fourth-order valence-corrected chi connectivity index (χ4v) is 2.76. The Labute approximate surface area is 131 Å². The van der Waals surface area contributed by atoms with E-state index in [0.29, 0.717) is 11.1 Å². The van der Waals surface area contributed by atoms with Crippen LogP contribution in [0.3, 0.4) is 0 Å². The second-order valence-electron chi connectivity index (χ2n) is 4.74. The number of furan rings is 1. The van der Waals surface area contributed by atoms with Crippen molar-refractivity contribution < 1.29 is 9.21 Å². The third-order valence-corrected chi connectivity index (χ3v) is 3.96. The molecule has 1 amide bonds. The third-order valence-electron chi connectivity index (χ3n) is 3.31. The van der Waals surface area contributed by atoms with Gasteiger partial charge in [0.05, 0.1) is 6.04 Å². The van der Waals surface area contributed by atoms with Crippen LogP contribution in [-0.4, -0.2) is 11.2 Å². The molecule has 1 aromatic heterocycles. The Balaban J connectivity index is 1.81. The fraction of sp³-hybridized carbons (Fsp3) is 0.118. The highest BCUT2D eigenvalue weighted by Gasteiger charge is 2.17. The molecule has 0 saturated heterocycles. The van der Waals surface area contributed by atoms with E-state index in [0.717, 1.165) is 16.5 Å². The number of fused-ring (bicyclic) bond motifs is 1. The maximum absolute atomic E-state index is 12.3. The largest absolute Gasteiger partial charge is 0.451 e. The zero-order valence-electron chi connectivity index (χ0n) is 11.3. The van der Waals surface area contributed by atoms with Gasteiger partial charge in [0.25, 0.3) is 5.91 Å². The Kier molecular flexibility index (Phi) is 4.06. The molecule has 0 fully saturated rings. The molecule has 0 saturated carbocycles. The first-order chi connectivity index (χ1) is 10.3. The number of halogens is 1. The molecule has 0 spiro atoms. The van der Waals surface area contributed by atoms with Crippen LogP contribution in [0, 0.1) is 0 Å². The first kappa shape index (κ1) is 13.9. The summed E-state index contributed by atoms with van der Waals surface area (Å²) >= 11 is 3.44. The van der Waals surface area contributed by atoms with Gasteiger partial charge in [-0.15, -0.1) is 0 Å². The van der Waals surface area contributed by atoms with E-state index in [4.69, 9.17) is 4.42 Å². The third kappa shape index (κ3) is 3.00. The van der Waals surface area contributed by atoms with Gasteiger partial charge < -0.3 is 9.73 Å². The minimum atomic E-state index is -0.209. The van der Waals surface area contributed by atoms with E-state index < -0.39 is 0 Å². The van der Waals surface area contributed by atoms with E-state index in [-0.39, 0.29) is 11.9 Å². The standard InChI is InChI=1S/C17H14BrNO2/c18-11-14(12-6-2-1-3-7-12)19-17(20)16-10-13-8-4-5-9-15(13)21-16/h1-10,14H,11H2,(H,19,20).